The minimum absolute atomic E-state index is 0.0331. The second-order valence-electron chi connectivity index (χ2n) is 7.43. The highest BCUT2D eigenvalue weighted by Gasteiger charge is 2.50. The fraction of sp³-hybridized carbons (Fsp3) is 0.706. The standard InChI is InChI=1S/C17H23NO2/c1-20-15-3-2-4-18(16(15)19)11-17-8-12-5-13(9-17)7-14(6-12)10-17/h2-4,12-14H,5-11H2,1H3. The topological polar surface area (TPSA) is 31.2 Å². The summed E-state index contributed by atoms with van der Waals surface area (Å²) in [5.41, 5.74) is 0.427. The summed E-state index contributed by atoms with van der Waals surface area (Å²) in [7, 11) is 1.58. The second-order valence-corrected chi connectivity index (χ2v) is 7.43. The molecule has 1 aromatic heterocycles. The van der Waals surface area contributed by atoms with Crippen molar-refractivity contribution in [3.05, 3.63) is 28.7 Å². The molecule has 4 fully saturated rings. The summed E-state index contributed by atoms with van der Waals surface area (Å²) in [6, 6.07) is 3.69. The van der Waals surface area contributed by atoms with Crippen LogP contribution in [0.4, 0.5) is 0 Å². The van der Waals surface area contributed by atoms with E-state index < -0.39 is 0 Å². The van der Waals surface area contributed by atoms with Crippen molar-refractivity contribution in [3.8, 4) is 5.75 Å². The molecule has 4 saturated carbocycles. The lowest BCUT2D eigenvalue weighted by Crippen LogP contribution is -2.48. The second kappa shape index (κ2) is 4.37. The summed E-state index contributed by atoms with van der Waals surface area (Å²) in [6.07, 6.45) is 10.3. The summed E-state index contributed by atoms with van der Waals surface area (Å²) < 4.78 is 7.07. The number of aromatic nitrogens is 1. The zero-order valence-electron chi connectivity index (χ0n) is 12.2. The van der Waals surface area contributed by atoms with Gasteiger partial charge in [-0.3, -0.25) is 4.79 Å². The van der Waals surface area contributed by atoms with Gasteiger partial charge in [-0.2, -0.15) is 0 Å². The molecule has 1 aromatic rings. The molecule has 4 aliphatic rings. The fourth-order valence-corrected chi connectivity index (χ4v) is 5.64. The van der Waals surface area contributed by atoms with E-state index in [1.807, 2.05) is 16.8 Å². The Kier molecular flexibility index (Phi) is 2.73. The van der Waals surface area contributed by atoms with Gasteiger partial charge in [-0.15, -0.1) is 0 Å². The summed E-state index contributed by atoms with van der Waals surface area (Å²) in [5.74, 6) is 3.27. The van der Waals surface area contributed by atoms with E-state index >= 15 is 0 Å². The first-order valence-corrected chi connectivity index (χ1v) is 7.91. The number of hydrogen-bond donors (Lipinski definition) is 0. The Morgan fingerprint density at radius 2 is 1.80 bits per heavy atom. The third-order valence-corrected chi connectivity index (χ3v) is 5.88. The van der Waals surface area contributed by atoms with Gasteiger partial charge in [0.25, 0.3) is 5.56 Å². The number of rotatable bonds is 3. The van der Waals surface area contributed by atoms with Crippen molar-refractivity contribution in [2.24, 2.45) is 23.2 Å². The van der Waals surface area contributed by atoms with Gasteiger partial charge in [0.05, 0.1) is 7.11 Å². The van der Waals surface area contributed by atoms with Crippen LogP contribution in [0.15, 0.2) is 23.1 Å². The molecule has 3 heteroatoms. The Morgan fingerprint density at radius 3 is 2.35 bits per heavy atom. The van der Waals surface area contributed by atoms with Gasteiger partial charge in [-0.05, 0) is 73.8 Å². The fourth-order valence-electron chi connectivity index (χ4n) is 5.64. The molecular weight excluding hydrogens is 250 g/mol. The first-order chi connectivity index (χ1) is 9.67. The van der Waals surface area contributed by atoms with Crippen LogP contribution < -0.4 is 10.3 Å². The summed E-state index contributed by atoms with van der Waals surface area (Å²) in [5, 5.41) is 0. The lowest BCUT2D eigenvalue weighted by Gasteiger charge is -2.57. The maximum absolute atomic E-state index is 12.4. The lowest BCUT2D eigenvalue weighted by molar-refractivity contribution is -0.0624. The van der Waals surface area contributed by atoms with Crippen LogP contribution >= 0.6 is 0 Å². The molecule has 0 aromatic carbocycles. The highest BCUT2D eigenvalue weighted by molar-refractivity contribution is 5.17. The van der Waals surface area contributed by atoms with E-state index in [4.69, 9.17) is 4.74 Å². The highest BCUT2D eigenvalue weighted by Crippen LogP contribution is 2.60. The first-order valence-electron chi connectivity index (χ1n) is 7.91. The Morgan fingerprint density at radius 1 is 1.20 bits per heavy atom. The normalized spacial score (nSPS) is 38.1. The molecule has 1 heterocycles. The van der Waals surface area contributed by atoms with Crippen LogP contribution in [0.1, 0.15) is 38.5 Å². The van der Waals surface area contributed by atoms with E-state index in [2.05, 4.69) is 0 Å². The number of nitrogens with zero attached hydrogens (tertiary/aromatic N) is 1. The van der Waals surface area contributed by atoms with Gasteiger partial charge in [-0.1, -0.05) is 0 Å². The molecule has 0 spiro atoms. The zero-order chi connectivity index (χ0) is 13.7. The number of methoxy groups -OCH3 is 1. The molecular formula is C17H23NO2. The molecule has 108 valence electrons. The Balaban J connectivity index is 1.64. The van der Waals surface area contributed by atoms with Gasteiger partial charge in [0, 0.05) is 12.7 Å². The van der Waals surface area contributed by atoms with E-state index in [0.717, 1.165) is 24.3 Å². The van der Waals surface area contributed by atoms with Gasteiger partial charge < -0.3 is 9.30 Å². The molecule has 0 N–H and O–H groups in total. The Hall–Kier alpha value is -1.25. The van der Waals surface area contributed by atoms with Crippen molar-refractivity contribution in [2.45, 2.75) is 45.1 Å². The van der Waals surface area contributed by atoms with Gasteiger partial charge in [-0.25, -0.2) is 0 Å². The molecule has 20 heavy (non-hydrogen) atoms. The number of hydrogen-bond acceptors (Lipinski definition) is 2. The zero-order valence-corrected chi connectivity index (χ0v) is 12.2. The SMILES string of the molecule is COc1cccn(CC23CC4CC(CC(C4)C2)C3)c1=O. The van der Waals surface area contributed by atoms with Gasteiger partial charge >= 0.3 is 0 Å². The minimum atomic E-state index is 0.0331. The van der Waals surface area contributed by atoms with Crippen LogP contribution in [-0.4, -0.2) is 11.7 Å². The highest BCUT2D eigenvalue weighted by atomic mass is 16.5. The minimum Gasteiger partial charge on any atom is -0.491 e. The van der Waals surface area contributed by atoms with Crippen LogP contribution in [0, 0.1) is 23.2 Å². The van der Waals surface area contributed by atoms with E-state index in [0.29, 0.717) is 11.2 Å². The monoisotopic (exact) mass is 273 g/mol. The molecule has 4 bridgehead atoms. The van der Waals surface area contributed by atoms with Crippen molar-refractivity contribution in [3.63, 3.8) is 0 Å². The van der Waals surface area contributed by atoms with Crippen LogP contribution in [0.3, 0.4) is 0 Å². The maximum atomic E-state index is 12.4. The number of pyridine rings is 1. The van der Waals surface area contributed by atoms with Crippen molar-refractivity contribution >= 4 is 0 Å². The van der Waals surface area contributed by atoms with Gasteiger partial charge in [0.2, 0.25) is 0 Å². The molecule has 3 nitrogen and oxygen atoms in total. The Labute approximate surface area is 119 Å². The molecule has 0 amide bonds. The third kappa shape index (κ3) is 1.90. The van der Waals surface area contributed by atoms with Crippen LogP contribution in [0.25, 0.3) is 0 Å². The summed E-state index contributed by atoms with van der Waals surface area (Å²) in [6.45, 7) is 0.895. The van der Waals surface area contributed by atoms with Crippen LogP contribution in [0.2, 0.25) is 0 Å². The maximum Gasteiger partial charge on any atom is 0.292 e. The van der Waals surface area contributed by atoms with Crippen molar-refractivity contribution in [1.82, 2.24) is 4.57 Å². The molecule has 0 aliphatic heterocycles. The van der Waals surface area contributed by atoms with Crippen molar-refractivity contribution < 1.29 is 4.74 Å². The predicted octanol–water partition coefficient (Wildman–Crippen LogP) is 3.07. The average Bonchev–Trinajstić information content (AvgIpc) is 2.39. The molecule has 0 atom stereocenters. The number of ether oxygens (including phenoxy) is 1. The summed E-state index contributed by atoms with van der Waals surface area (Å²) in [4.78, 5) is 12.4. The van der Waals surface area contributed by atoms with Crippen molar-refractivity contribution in [1.29, 1.82) is 0 Å². The van der Waals surface area contributed by atoms with Gasteiger partial charge in [0.15, 0.2) is 5.75 Å². The molecule has 0 unspecified atom stereocenters. The third-order valence-electron chi connectivity index (χ3n) is 5.88. The van der Waals surface area contributed by atoms with Crippen molar-refractivity contribution in [2.75, 3.05) is 7.11 Å². The van der Waals surface area contributed by atoms with Crippen LogP contribution in [0.5, 0.6) is 5.75 Å². The molecule has 5 rings (SSSR count). The smallest absolute Gasteiger partial charge is 0.292 e. The largest absolute Gasteiger partial charge is 0.491 e. The van der Waals surface area contributed by atoms with Crippen LogP contribution in [-0.2, 0) is 6.54 Å². The van der Waals surface area contributed by atoms with E-state index in [1.54, 1.807) is 13.2 Å². The average molecular weight is 273 g/mol. The molecule has 4 aliphatic carbocycles. The molecule has 0 saturated heterocycles. The Bertz CT molecular complexity index is 539. The lowest BCUT2D eigenvalue weighted by atomic mass is 9.49. The predicted molar refractivity (Wildman–Crippen MR) is 77.9 cm³/mol. The van der Waals surface area contributed by atoms with Gasteiger partial charge in [0.1, 0.15) is 0 Å². The summed E-state index contributed by atoms with van der Waals surface area (Å²) >= 11 is 0. The quantitative estimate of drug-likeness (QED) is 0.847. The van der Waals surface area contributed by atoms with E-state index in [-0.39, 0.29) is 5.56 Å². The van der Waals surface area contributed by atoms with E-state index in [9.17, 15) is 4.79 Å². The molecule has 0 radical (unpaired) electrons. The van der Waals surface area contributed by atoms with E-state index in [1.165, 1.54) is 38.5 Å². The first kappa shape index (κ1) is 12.5.